The predicted octanol–water partition coefficient (Wildman–Crippen LogP) is 15.7. The normalized spacial score (nSPS) is 13.8. The molecule has 12 heteroatoms. The van der Waals surface area contributed by atoms with Crippen LogP contribution in [0, 0.1) is 0 Å². The summed E-state index contributed by atoms with van der Waals surface area (Å²) in [5, 5.41) is 22.0. The molecular formula is C56H102NO10P. The standard InChI is InChI=1S/C56H102NO10P/c1-3-5-7-9-11-13-15-17-19-21-23-25-26-28-30-32-34-36-38-40-42-44-46-48-55(60)65-49-52(58)50-66-68(63,64)67-51-53(56(61)62)57-54(59)47-45-43-41-39-37-35-33-31-29-27-24-22-20-18-16-14-12-10-8-6-4-2/h12,14,17-20,24,27,52-53,58H,3-11,13,15-16,21-23,25-26,28-51H2,1-2H3,(H,57,59)(H,61,62)(H,63,64)/b14-12-,19-17+,20-18-,27-24-. The fourth-order valence-corrected chi connectivity index (χ4v) is 8.56. The van der Waals surface area contributed by atoms with Crippen molar-refractivity contribution in [1.29, 1.82) is 0 Å². The molecule has 0 bridgehead atoms. The molecule has 0 heterocycles. The SMILES string of the molecule is CCCCC/C=C\C/C=C\C/C=C\CCCCCCCCCCC(=O)NC(COP(=O)(O)OCC(O)COC(=O)CCCCCCCCCCCCCCC/C=C/CCCCCCCC)C(=O)O. The summed E-state index contributed by atoms with van der Waals surface area (Å²) in [5.74, 6) is -2.37. The van der Waals surface area contributed by atoms with Crippen LogP contribution in [0.2, 0.25) is 0 Å². The van der Waals surface area contributed by atoms with Crippen LogP contribution in [-0.4, -0.2) is 64.9 Å². The Morgan fingerprint density at radius 2 is 0.809 bits per heavy atom. The first-order valence-corrected chi connectivity index (χ1v) is 29.2. The summed E-state index contributed by atoms with van der Waals surface area (Å²) < 4.78 is 27.0. The molecule has 0 aliphatic rings. The maximum atomic E-state index is 12.4. The van der Waals surface area contributed by atoms with Gasteiger partial charge in [-0.1, -0.05) is 217 Å². The first-order chi connectivity index (χ1) is 33.1. The lowest BCUT2D eigenvalue weighted by Crippen LogP contribution is -2.43. The Kier molecular flexibility index (Phi) is 48.9. The van der Waals surface area contributed by atoms with Gasteiger partial charge in [0.05, 0.1) is 13.2 Å². The van der Waals surface area contributed by atoms with Crippen LogP contribution < -0.4 is 5.32 Å². The Bertz CT molecular complexity index is 1330. The van der Waals surface area contributed by atoms with E-state index in [2.05, 4.69) is 67.8 Å². The zero-order valence-electron chi connectivity index (χ0n) is 43.4. The van der Waals surface area contributed by atoms with Gasteiger partial charge in [-0.2, -0.15) is 0 Å². The molecule has 0 aromatic heterocycles. The van der Waals surface area contributed by atoms with Gasteiger partial charge in [-0.15, -0.1) is 0 Å². The third-order valence-corrected chi connectivity index (χ3v) is 13.0. The van der Waals surface area contributed by atoms with Gasteiger partial charge in [-0.3, -0.25) is 18.6 Å². The van der Waals surface area contributed by atoms with E-state index in [1.165, 1.54) is 154 Å². The van der Waals surface area contributed by atoms with Crippen molar-refractivity contribution in [1.82, 2.24) is 5.32 Å². The van der Waals surface area contributed by atoms with E-state index in [-0.39, 0.29) is 12.8 Å². The summed E-state index contributed by atoms with van der Waals surface area (Å²) in [6.07, 6.45) is 59.9. The number of aliphatic hydroxyl groups excluding tert-OH is 1. The Morgan fingerprint density at radius 3 is 1.25 bits per heavy atom. The number of nitrogens with one attached hydrogen (secondary N) is 1. The third kappa shape index (κ3) is 49.8. The van der Waals surface area contributed by atoms with Crippen molar-refractivity contribution < 1.29 is 47.8 Å². The van der Waals surface area contributed by atoms with Crippen LogP contribution in [-0.2, 0) is 32.7 Å². The molecule has 0 spiro atoms. The molecule has 11 nitrogen and oxygen atoms in total. The number of carboxylic acid groups (broad SMARTS) is 1. The fourth-order valence-electron chi connectivity index (χ4n) is 7.79. The lowest BCUT2D eigenvalue weighted by molar-refractivity contribution is -0.147. The number of esters is 1. The van der Waals surface area contributed by atoms with Crippen LogP contribution >= 0.6 is 7.82 Å². The van der Waals surface area contributed by atoms with Crippen LogP contribution in [0.1, 0.15) is 258 Å². The Labute approximate surface area is 415 Å². The number of carbonyl (C=O) groups excluding carboxylic acids is 2. The number of phosphoric ester groups is 1. The van der Waals surface area contributed by atoms with E-state index in [1.54, 1.807) is 0 Å². The van der Waals surface area contributed by atoms with Crippen molar-refractivity contribution in [3.63, 3.8) is 0 Å². The Hall–Kier alpha value is -2.56. The first-order valence-electron chi connectivity index (χ1n) is 27.7. The number of amides is 1. The molecule has 0 aliphatic carbocycles. The molecular weight excluding hydrogens is 878 g/mol. The van der Waals surface area contributed by atoms with Crippen LogP contribution in [0.25, 0.3) is 0 Å². The number of phosphoric acid groups is 1. The minimum Gasteiger partial charge on any atom is -0.480 e. The smallest absolute Gasteiger partial charge is 0.472 e. The molecule has 0 saturated heterocycles. The molecule has 0 radical (unpaired) electrons. The van der Waals surface area contributed by atoms with Gasteiger partial charge in [-0.25, -0.2) is 9.36 Å². The van der Waals surface area contributed by atoms with Gasteiger partial charge in [0, 0.05) is 12.8 Å². The van der Waals surface area contributed by atoms with Crippen molar-refractivity contribution in [2.24, 2.45) is 0 Å². The number of aliphatic hydroxyl groups is 1. The van der Waals surface area contributed by atoms with E-state index < -0.39 is 57.6 Å². The molecule has 0 fully saturated rings. The Balaban J connectivity index is 3.79. The van der Waals surface area contributed by atoms with Crippen molar-refractivity contribution >= 4 is 25.7 Å². The maximum absolute atomic E-state index is 12.4. The summed E-state index contributed by atoms with van der Waals surface area (Å²) in [7, 11) is -4.77. The van der Waals surface area contributed by atoms with Crippen molar-refractivity contribution in [3.05, 3.63) is 48.6 Å². The minimum atomic E-state index is -4.77. The summed E-state index contributed by atoms with van der Waals surface area (Å²) in [6, 6.07) is -1.55. The van der Waals surface area contributed by atoms with E-state index in [0.717, 1.165) is 64.2 Å². The van der Waals surface area contributed by atoms with Crippen LogP contribution in [0.3, 0.4) is 0 Å². The van der Waals surface area contributed by atoms with E-state index >= 15 is 0 Å². The molecule has 1 amide bonds. The zero-order chi connectivity index (χ0) is 49.9. The van der Waals surface area contributed by atoms with Gasteiger partial charge in [0.2, 0.25) is 5.91 Å². The third-order valence-electron chi connectivity index (χ3n) is 12.1. The lowest BCUT2D eigenvalue weighted by Gasteiger charge is -2.18. The lowest BCUT2D eigenvalue weighted by atomic mass is 10.0. The number of carbonyl (C=O) groups is 3. The summed E-state index contributed by atoms with van der Waals surface area (Å²) in [4.78, 5) is 46.2. The largest absolute Gasteiger partial charge is 0.480 e. The predicted molar refractivity (Wildman–Crippen MR) is 282 cm³/mol. The highest BCUT2D eigenvalue weighted by Gasteiger charge is 2.28. The van der Waals surface area contributed by atoms with Crippen molar-refractivity contribution in [2.45, 2.75) is 270 Å². The summed E-state index contributed by atoms with van der Waals surface area (Å²) in [5.41, 5.74) is 0. The number of ether oxygens (including phenoxy) is 1. The van der Waals surface area contributed by atoms with E-state index in [1.807, 2.05) is 0 Å². The monoisotopic (exact) mass is 980 g/mol. The molecule has 3 atom stereocenters. The van der Waals surface area contributed by atoms with E-state index in [4.69, 9.17) is 13.8 Å². The molecule has 396 valence electrons. The minimum absolute atomic E-state index is 0.137. The summed E-state index contributed by atoms with van der Waals surface area (Å²) in [6.45, 7) is 2.60. The highest BCUT2D eigenvalue weighted by atomic mass is 31.2. The number of allylic oxidation sites excluding steroid dienone is 8. The number of carboxylic acids is 1. The maximum Gasteiger partial charge on any atom is 0.472 e. The van der Waals surface area contributed by atoms with Gasteiger partial charge in [0.25, 0.3) is 0 Å². The number of hydrogen-bond acceptors (Lipinski definition) is 8. The fraction of sp³-hybridized carbons (Fsp3) is 0.804. The second-order valence-corrected chi connectivity index (χ2v) is 20.2. The summed E-state index contributed by atoms with van der Waals surface area (Å²) >= 11 is 0. The van der Waals surface area contributed by atoms with E-state index in [9.17, 15) is 34.1 Å². The number of rotatable bonds is 52. The highest BCUT2D eigenvalue weighted by Crippen LogP contribution is 2.43. The van der Waals surface area contributed by atoms with Crippen molar-refractivity contribution in [3.8, 4) is 0 Å². The highest BCUT2D eigenvalue weighted by molar-refractivity contribution is 7.47. The second kappa shape index (κ2) is 50.8. The molecule has 0 aliphatic heterocycles. The van der Waals surface area contributed by atoms with Gasteiger partial charge >= 0.3 is 19.8 Å². The van der Waals surface area contributed by atoms with E-state index in [0.29, 0.717) is 12.8 Å². The average Bonchev–Trinajstić information content (AvgIpc) is 3.32. The van der Waals surface area contributed by atoms with Crippen molar-refractivity contribution in [2.75, 3.05) is 19.8 Å². The van der Waals surface area contributed by atoms with Crippen LogP contribution in [0.5, 0.6) is 0 Å². The second-order valence-electron chi connectivity index (χ2n) is 18.8. The van der Waals surface area contributed by atoms with Crippen LogP contribution in [0.15, 0.2) is 48.6 Å². The quantitative estimate of drug-likeness (QED) is 0.0199. The molecule has 0 aromatic carbocycles. The molecule has 0 aromatic rings. The topological polar surface area (TPSA) is 169 Å². The van der Waals surface area contributed by atoms with Crippen LogP contribution in [0.4, 0.5) is 0 Å². The average molecular weight is 980 g/mol. The number of hydrogen-bond donors (Lipinski definition) is 4. The molecule has 0 rings (SSSR count). The van der Waals surface area contributed by atoms with Gasteiger partial charge in [-0.05, 0) is 77.0 Å². The van der Waals surface area contributed by atoms with Gasteiger partial charge in [0.1, 0.15) is 12.7 Å². The molecule has 4 N–H and O–H groups in total. The first kappa shape index (κ1) is 65.4. The van der Waals surface area contributed by atoms with Gasteiger partial charge < -0.3 is 25.2 Å². The molecule has 3 unspecified atom stereocenters. The molecule has 68 heavy (non-hydrogen) atoms. The molecule has 0 saturated carbocycles. The zero-order valence-corrected chi connectivity index (χ0v) is 44.3. The van der Waals surface area contributed by atoms with Gasteiger partial charge in [0.15, 0.2) is 6.04 Å². The number of unbranched alkanes of at least 4 members (excludes halogenated alkanes) is 30. The number of aliphatic carboxylic acids is 1. The Morgan fingerprint density at radius 1 is 0.471 bits per heavy atom.